The maximum absolute atomic E-state index is 5.44. The molecule has 0 aromatic carbocycles. The second-order valence-corrected chi connectivity index (χ2v) is 5.27. The fourth-order valence-corrected chi connectivity index (χ4v) is 2.54. The van der Waals surface area contributed by atoms with E-state index < -0.39 is 0 Å². The molecule has 1 aliphatic rings. The summed E-state index contributed by atoms with van der Waals surface area (Å²) >= 11 is 6.89. The van der Waals surface area contributed by atoms with Crippen LogP contribution in [-0.2, 0) is 0 Å². The minimum absolute atomic E-state index is 0.640. The Morgan fingerprint density at radius 2 is 2.50 bits per heavy atom. The molecule has 1 atom stereocenters. The van der Waals surface area contributed by atoms with E-state index in [2.05, 4.69) is 23.6 Å². The minimum atomic E-state index is 0.640. The van der Waals surface area contributed by atoms with Gasteiger partial charge in [-0.1, -0.05) is 19.1 Å². The second kappa shape index (κ2) is 5.04. The second-order valence-electron chi connectivity index (χ2n) is 3.20. The Hall–Kier alpha value is 0.200. The first kappa shape index (κ1) is 10.3. The molecule has 12 heavy (non-hydrogen) atoms. The number of thioether (sulfide) groups is 1. The lowest BCUT2D eigenvalue weighted by molar-refractivity contribution is 0.295. The molecule has 0 radical (unpaired) electrons. The van der Waals surface area contributed by atoms with Crippen LogP contribution in [0.5, 0.6) is 0 Å². The molecule has 0 spiro atoms. The summed E-state index contributed by atoms with van der Waals surface area (Å²) in [5.41, 5.74) is 5.44. The van der Waals surface area contributed by atoms with Crippen molar-refractivity contribution in [2.45, 2.75) is 18.6 Å². The molecule has 0 bridgehead atoms. The first-order valence-electron chi connectivity index (χ1n) is 4.31. The summed E-state index contributed by atoms with van der Waals surface area (Å²) in [6, 6.07) is 0. The van der Waals surface area contributed by atoms with Crippen LogP contribution in [0.3, 0.4) is 0 Å². The summed E-state index contributed by atoms with van der Waals surface area (Å²) in [6.45, 7) is 5.70. The van der Waals surface area contributed by atoms with Crippen LogP contribution in [0.25, 0.3) is 0 Å². The number of thiocarbonyl (C=S) groups is 1. The normalized spacial score (nSPS) is 25.6. The van der Waals surface area contributed by atoms with Crippen molar-refractivity contribution in [1.82, 2.24) is 4.90 Å². The summed E-state index contributed by atoms with van der Waals surface area (Å²) < 4.78 is 0. The van der Waals surface area contributed by atoms with Crippen LogP contribution in [0.1, 0.15) is 13.3 Å². The van der Waals surface area contributed by atoms with Crippen molar-refractivity contribution < 1.29 is 0 Å². The third-order valence-electron chi connectivity index (χ3n) is 2.00. The third kappa shape index (κ3) is 3.74. The Kier molecular flexibility index (Phi) is 4.32. The summed E-state index contributed by atoms with van der Waals surface area (Å²) in [7, 11) is 0. The van der Waals surface area contributed by atoms with Crippen molar-refractivity contribution >= 4 is 29.0 Å². The quantitative estimate of drug-likeness (QED) is 0.697. The molecule has 2 N–H and O–H groups in total. The van der Waals surface area contributed by atoms with E-state index >= 15 is 0 Å². The van der Waals surface area contributed by atoms with Crippen molar-refractivity contribution in [2.24, 2.45) is 5.73 Å². The molecule has 0 aromatic rings. The molecule has 1 saturated heterocycles. The summed E-state index contributed by atoms with van der Waals surface area (Å²) in [5.74, 6) is 1.25. The Bertz CT molecular complexity index is 161. The predicted molar refractivity (Wildman–Crippen MR) is 59.8 cm³/mol. The van der Waals surface area contributed by atoms with Gasteiger partial charge in [0.25, 0.3) is 0 Å². The number of hydrogen-bond acceptors (Lipinski definition) is 3. The van der Waals surface area contributed by atoms with E-state index in [0.29, 0.717) is 4.99 Å². The zero-order chi connectivity index (χ0) is 8.97. The molecule has 2 nitrogen and oxygen atoms in total. The molecule has 0 saturated carbocycles. The van der Waals surface area contributed by atoms with Crippen LogP contribution >= 0.6 is 24.0 Å². The Morgan fingerprint density at radius 1 is 1.75 bits per heavy atom. The standard InChI is InChI=1S/C8H16N2S2/c1-7-6-10(4-5-12-7)3-2-8(9)11/h7H,2-6H2,1H3,(H2,9,11). The van der Waals surface area contributed by atoms with E-state index in [0.717, 1.165) is 18.2 Å². The van der Waals surface area contributed by atoms with Crippen LogP contribution in [-0.4, -0.2) is 40.5 Å². The number of nitrogens with zero attached hydrogens (tertiary/aromatic N) is 1. The van der Waals surface area contributed by atoms with E-state index in [9.17, 15) is 0 Å². The van der Waals surface area contributed by atoms with E-state index in [1.54, 1.807) is 0 Å². The zero-order valence-electron chi connectivity index (χ0n) is 7.45. The largest absolute Gasteiger partial charge is 0.393 e. The van der Waals surface area contributed by atoms with Crippen LogP contribution in [0, 0.1) is 0 Å². The van der Waals surface area contributed by atoms with Crippen molar-refractivity contribution in [2.75, 3.05) is 25.4 Å². The van der Waals surface area contributed by atoms with Gasteiger partial charge >= 0.3 is 0 Å². The van der Waals surface area contributed by atoms with Crippen LogP contribution in [0.2, 0.25) is 0 Å². The van der Waals surface area contributed by atoms with Crippen molar-refractivity contribution in [3.63, 3.8) is 0 Å². The van der Waals surface area contributed by atoms with Gasteiger partial charge < -0.3 is 10.6 Å². The SMILES string of the molecule is CC1CN(CCC(N)=S)CCS1. The molecule has 0 aliphatic carbocycles. The molecule has 1 fully saturated rings. The Labute approximate surface area is 83.9 Å². The Balaban J connectivity index is 2.18. The van der Waals surface area contributed by atoms with Gasteiger partial charge in [-0.25, -0.2) is 0 Å². The predicted octanol–water partition coefficient (Wildman–Crippen LogP) is 1.10. The third-order valence-corrected chi connectivity index (χ3v) is 3.34. The average molecular weight is 204 g/mol. The summed E-state index contributed by atoms with van der Waals surface area (Å²) in [4.78, 5) is 3.08. The lowest BCUT2D eigenvalue weighted by Gasteiger charge is -2.30. The topological polar surface area (TPSA) is 29.3 Å². The number of hydrogen-bond donors (Lipinski definition) is 1. The minimum Gasteiger partial charge on any atom is -0.393 e. The van der Waals surface area contributed by atoms with E-state index in [4.69, 9.17) is 18.0 Å². The monoisotopic (exact) mass is 204 g/mol. The van der Waals surface area contributed by atoms with Crippen molar-refractivity contribution in [1.29, 1.82) is 0 Å². The average Bonchev–Trinajstić information content (AvgIpc) is 2.01. The first-order valence-corrected chi connectivity index (χ1v) is 5.76. The molecule has 0 amide bonds. The lowest BCUT2D eigenvalue weighted by Crippen LogP contribution is -2.38. The highest BCUT2D eigenvalue weighted by Gasteiger charge is 2.15. The lowest BCUT2D eigenvalue weighted by atomic mass is 10.3. The van der Waals surface area contributed by atoms with Crippen LogP contribution < -0.4 is 5.73 Å². The van der Waals surface area contributed by atoms with E-state index in [-0.39, 0.29) is 0 Å². The molecular formula is C8H16N2S2. The molecular weight excluding hydrogens is 188 g/mol. The van der Waals surface area contributed by atoms with Gasteiger partial charge in [0.1, 0.15) is 0 Å². The van der Waals surface area contributed by atoms with Gasteiger partial charge in [0.15, 0.2) is 0 Å². The summed E-state index contributed by atoms with van der Waals surface area (Å²) in [5, 5.41) is 0.769. The maximum atomic E-state index is 5.44. The van der Waals surface area contributed by atoms with Gasteiger partial charge in [-0.05, 0) is 0 Å². The first-order chi connectivity index (χ1) is 5.68. The highest BCUT2D eigenvalue weighted by Crippen LogP contribution is 2.17. The molecule has 1 aliphatic heterocycles. The smallest absolute Gasteiger partial charge is 0.0740 e. The van der Waals surface area contributed by atoms with Gasteiger partial charge in [0, 0.05) is 37.1 Å². The van der Waals surface area contributed by atoms with Gasteiger partial charge in [0.05, 0.1) is 4.99 Å². The maximum Gasteiger partial charge on any atom is 0.0740 e. The van der Waals surface area contributed by atoms with Gasteiger partial charge in [-0.2, -0.15) is 11.8 Å². The molecule has 70 valence electrons. The molecule has 4 heteroatoms. The molecule has 0 aromatic heterocycles. The van der Waals surface area contributed by atoms with E-state index in [1.165, 1.54) is 18.8 Å². The fourth-order valence-electron chi connectivity index (χ4n) is 1.36. The molecule has 1 heterocycles. The van der Waals surface area contributed by atoms with Crippen molar-refractivity contribution in [3.05, 3.63) is 0 Å². The number of nitrogens with two attached hydrogens (primary N) is 1. The van der Waals surface area contributed by atoms with Crippen molar-refractivity contribution in [3.8, 4) is 0 Å². The highest BCUT2D eigenvalue weighted by molar-refractivity contribution is 7.99. The Morgan fingerprint density at radius 3 is 3.08 bits per heavy atom. The highest BCUT2D eigenvalue weighted by atomic mass is 32.2. The molecule has 1 rings (SSSR count). The van der Waals surface area contributed by atoms with E-state index in [1.807, 2.05) is 0 Å². The number of rotatable bonds is 3. The zero-order valence-corrected chi connectivity index (χ0v) is 9.09. The van der Waals surface area contributed by atoms with Crippen LogP contribution in [0.4, 0.5) is 0 Å². The van der Waals surface area contributed by atoms with Gasteiger partial charge in [0.2, 0.25) is 0 Å². The fraction of sp³-hybridized carbons (Fsp3) is 0.875. The van der Waals surface area contributed by atoms with Gasteiger partial charge in [-0.3, -0.25) is 0 Å². The van der Waals surface area contributed by atoms with Gasteiger partial charge in [-0.15, -0.1) is 0 Å². The van der Waals surface area contributed by atoms with Crippen LogP contribution in [0.15, 0.2) is 0 Å². The summed E-state index contributed by atoms with van der Waals surface area (Å²) in [6.07, 6.45) is 0.868. The molecule has 1 unspecified atom stereocenters.